The molecule has 0 aromatic carbocycles. The largest absolute Gasteiger partial charge is 0.346 e. The van der Waals surface area contributed by atoms with Crippen molar-refractivity contribution in [3.8, 4) is 0 Å². The molecule has 0 atom stereocenters. The highest BCUT2D eigenvalue weighted by atomic mass is 16.2. The van der Waals surface area contributed by atoms with Crippen LogP contribution in [0.2, 0.25) is 0 Å². The van der Waals surface area contributed by atoms with E-state index in [0.717, 1.165) is 37.3 Å². The van der Waals surface area contributed by atoms with E-state index >= 15 is 0 Å². The summed E-state index contributed by atoms with van der Waals surface area (Å²) in [6.45, 7) is 6.08. The Morgan fingerprint density at radius 2 is 2.06 bits per heavy atom. The third-order valence-electron chi connectivity index (χ3n) is 3.73. The summed E-state index contributed by atoms with van der Waals surface area (Å²) in [6, 6.07) is 3.86. The van der Waals surface area contributed by atoms with Crippen molar-refractivity contribution in [1.82, 2.24) is 15.2 Å². The van der Waals surface area contributed by atoms with E-state index in [1.807, 2.05) is 30.7 Å². The Morgan fingerprint density at radius 3 is 2.59 bits per heavy atom. The van der Waals surface area contributed by atoms with Gasteiger partial charge in [0.2, 0.25) is 0 Å². The van der Waals surface area contributed by atoms with Gasteiger partial charge in [0.25, 0.3) is 5.91 Å². The number of carbonyl (C=O) groups is 1. The Labute approximate surface area is 102 Å². The summed E-state index contributed by atoms with van der Waals surface area (Å²) >= 11 is 0. The minimum atomic E-state index is -0.0689. The van der Waals surface area contributed by atoms with Crippen LogP contribution in [0.5, 0.6) is 0 Å². The molecule has 94 valence electrons. The number of carbonyl (C=O) groups excluding carboxylic acids is 1. The van der Waals surface area contributed by atoms with Crippen LogP contribution in [0.3, 0.4) is 0 Å². The van der Waals surface area contributed by atoms with E-state index in [-0.39, 0.29) is 11.4 Å². The van der Waals surface area contributed by atoms with E-state index in [1.165, 1.54) is 0 Å². The maximum Gasteiger partial charge on any atom is 0.268 e. The molecule has 4 heteroatoms. The second-order valence-electron chi connectivity index (χ2n) is 5.18. The van der Waals surface area contributed by atoms with E-state index in [4.69, 9.17) is 0 Å². The molecule has 1 aliphatic heterocycles. The molecule has 0 unspecified atom stereocenters. The fourth-order valence-corrected chi connectivity index (χ4v) is 2.28. The monoisotopic (exact) mass is 235 g/mol. The molecule has 0 aliphatic carbocycles. The number of rotatable bonds is 2. The molecular weight excluding hydrogens is 214 g/mol. The molecule has 1 aromatic heterocycles. The summed E-state index contributed by atoms with van der Waals surface area (Å²) in [5.74, 6) is 0.0324. The van der Waals surface area contributed by atoms with Gasteiger partial charge in [0, 0.05) is 18.3 Å². The van der Waals surface area contributed by atoms with Crippen molar-refractivity contribution >= 4 is 5.91 Å². The number of hydrogen-bond acceptors (Lipinski definition) is 2. The lowest BCUT2D eigenvalue weighted by molar-refractivity contribution is 0.0879. The van der Waals surface area contributed by atoms with Crippen molar-refractivity contribution in [3.05, 3.63) is 23.5 Å². The molecule has 4 nitrogen and oxygen atoms in total. The van der Waals surface area contributed by atoms with E-state index in [1.54, 1.807) is 0 Å². The number of aryl methyl sites for hydroxylation is 1. The van der Waals surface area contributed by atoms with Crippen molar-refractivity contribution in [1.29, 1.82) is 0 Å². The fraction of sp³-hybridized carbons (Fsp3) is 0.615. The summed E-state index contributed by atoms with van der Waals surface area (Å²) in [7, 11) is 1.93. The molecule has 2 rings (SSSR count). The predicted molar refractivity (Wildman–Crippen MR) is 68.1 cm³/mol. The van der Waals surface area contributed by atoms with E-state index in [2.05, 4.69) is 17.6 Å². The lowest BCUT2D eigenvalue weighted by Gasteiger charge is -2.35. The molecule has 0 spiro atoms. The highest BCUT2D eigenvalue weighted by molar-refractivity contribution is 5.93. The van der Waals surface area contributed by atoms with Crippen LogP contribution in [0, 0.1) is 6.92 Å². The first kappa shape index (κ1) is 12.2. The summed E-state index contributed by atoms with van der Waals surface area (Å²) in [5.41, 5.74) is 1.77. The van der Waals surface area contributed by atoms with Gasteiger partial charge < -0.3 is 15.2 Å². The topological polar surface area (TPSA) is 46.1 Å². The number of nitrogens with zero attached hydrogens (tertiary/aromatic N) is 1. The molecular formula is C13H21N3O. The SMILES string of the molecule is Cc1ccc(C(=O)NC2(C)CCNCC2)n1C. The van der Waals surface area contributed by atoms with Gasteiger partial charge in [-0.15, -0.1) is 0 Å². The first-order valence-electron chi connectivity index (χ1n) is 6.17. The van der Waals surface area contributed by atoms with Gasteiger partial charge in [-0.05, 0) is 51.9 Å². The third-order valence-corrected chi connectivity index (χ3v) is 3.73. The number of aromatic nitrogens is 1. The van der Waals surface area contributed by atoms with Gasteiger partial charge in [-0.25, -0.2) is 0 Å². The summed E-state index contributed by atoms with van der Waals surface area (Å²) < 4.78 is 1.93. The van der Waals surface area contributed by atoms with E-state index in [0.29, 0.717) is 0 Å². The van der Waals surface area contributed by atoms with Crippen LogP contribution >= 0.6 is 0 Å². The van der Waals surface area contributed by atoms with Crippen molar-refractivity contribution in [2.45, 2.75) is 32.2 Å². The Kier molecular flexibility index (Phi) is 3.24. The molecule has 17 heavy (non-hydrogen) atoms. The number of nitrogens with one attached hydrogen (secondary N) is 2. The van der Waals surface area contributed by atoms with Crippen LogP contribution in [-0.2, 0) is 7.05 Å². The van der Waals surface area contributed by atoms with Crippen LogP contribution in [0.15, 0.2) is 12.1 Å². The maximum atomic E-state index is 12.2. The molecule has 1 fully saturated rings. The van der Waals surface area contributed by atoms with Gasteiger partial charge in [0.05, 0.1) is 0 Å². The van der Waals surface area contributed by atoms with E-state index < -0.39 is 0 Å². The molecule has 0 saturated carbocycles. The molecule has 2 heterocycles. The fourth-order valence-electron chi connectivity index (χ4n) is 2.28. The number of hydrogen-bond donors (Lipinski definition) is 2. The quantitative estimate of drug-likeness (QED) is 0.809. The zero-order valence-corrected chi connectivity index (χ0v) is 10.8. The Balaban J connectivity index is 2.08. The van der Waals surface area contributed by atoms with Crippen molar-refractivity contribution in [3.63, 3.8) is 0 Å². The molecule has 1 aromatic rings. The Morgan fingerprint density at radius 1 is 1.41 bits per heavy atom. The molecule has 0 radical (unpaired) electrons. The van der Waals surface area contributed by atoms with Gasteiger partial charge >= 0.3 is 0 Å². The van der Waals surface area contributed by atoms with Crippen LogP contribution in [0.4, 0.5) is 0 Å². The van der Waals surface area contributed by atoms with Crippen LogP contribution in [0.1, 0.15) is 35.9 Å². The average Bonchev–Trinajstić information content (AvgIpc) is 2.60. The van der Waals surface area contributed by atoms with Gasteiger partial charge in [0.1, 0.15) is 5.69 Å². The first-order chi connectivity index (χ1) is 8.02. The van der Waals surface area contributed by atoms with Gasteiger partial charge in [-0.3, -0.25) is 4.79 Å². The molecule has 1 amide bonds. The van der Waals surface area contributed by atoms with Crippen LogP contribution in [0.25, 0.3) is 0 Å². The number of amides is 1. The predicted octanol–water partition coefficient (Wildman–Crippen LogP) is 1.21. The highest BCUT2D eigenvalue weighted by Crippen LogP contribution is 2.18. The minimum absolute atomic E-state index is 0.0324. The summed E-state index contributed by atoms with van der Waals surface area (Å²) in [4.78, 5) is 12.2. The van der Waals surface area contributed by atoms with E-state index in [9.17, 15) is 4.79 Å². The normalized spacial score (nSPS) is 19.0. The lowest BCUT2D eigenvalue weighted by atomic mass is 9.90. The van der Waals surface area contributed by atoms with Crippen molar-refractivity contribution in [2.24, 2.45) is 7.05 Å². The first-order valence-corrected chi connectivity index (χ1v) is 6.17. The smallest absolute Gasteiger partial charge is 0.268 e. The maximum absolute atomic E-state index is 12.2. The van der Waals surface area contributed by atoms with Gasteiger partial charge in [-0.2, -0.15) is 0 Å². The van der Waals surface area contributed by atoms with Crippen molar-refractivity contribution < 1.29 is 4.79 Å². The molecule has 1 aliphatic rings. The van der Waals surface area contributed by atoms with Gasteiger partial charge in [-0.1, -0.05) is 0 Å². The molecule has 2 N–H and O–H groups in total. The molecule has 0 bridgehead atoms. The zero-order chi connectivity index (χ0) is 12.5. The van der Waals surface area contributed by atoms with Gasteiger partial charge in [0.15, 0.2) is 0 Å². The van der Waals surface area contributed by atoms with Crippen LogP contribution in [-0.4, -0.2) is 29.1 Å². The summed E-state index contributed by atoms with van der Waals surface area (Å²) in [6.07, 6.45) is 1.98. The lowest BCUT2D eigenvalue weighted by Crippen LogP contribution is -2.52. The second-order valence-corrected chi connectivity index (χ2v) is 5.18. The average molecular weight is 235 g/mol. The standard InChI is InChI=1S/C13H21N3O/c1-10-4-5-11(16(10)3)12(17)15-13(2)6-8-14-9-7-13/h4-5,14H,6-9H2,1-3H3,(H,15,17). The summed E-state index contributed by atoms with van der Waals surface area (Å²) in [5, 5.41) is 6.48. The minimum Gasteiger partial charge on any atom is -0.346 e. The third kappa shape index (κ3) is 2.52. The van der Waals surface area contributed by atoms with Crippen molar-refractivity contribution in [2.75, 3.05) is 13.1 Å². The number of piperidine rings is 1. The Hall–Kier alpha value is -1.29. The zero-order valence-electron chi connectivity index (χ0n) is 10.8. The molecule has 1 saturated heterocycles. The highest BCUT2D eigenvalue weighted by Gasteiger charge is 2.29. The second kappa shape index (κ2) is 4.53. The van der Waals surface area contributed by atoms with Crippen LogP contribution < -0.4 is 10.6 Å². The Bertz CT molecular complexity index is 416.